The molecule has 0 bridgehead atoms. The number of para-hydroxylation sites is 2. The Morgan fingerprint density at radius 2 is 0.542 bits per heavy atom. The molecule has 0 aliphatic carbocycles. The number of hydrogen-bond donors (Lipinski definition) is 0. The van der Waals surface area contributed by atoms with Gasteiger partial charge in [-0.1, -0.05) is 241 Å². The molecule has 0 amide bonds. The van der Waals surface area contributed by atoms with Gasteiger partial charge in [0.05, 0.1) is 0 Å². The molecule has 4 heteroatoms. The van der Waals surface area contributed by atoms with Gasteiger partial charge in [0.2, 0.25) is 13.4 Å². The average Bonchev–Trinajstić information content (AvgIpc) is 0.666. The number of aryl methyl sites for hydroxylation is 4. The van der Waals surface area contributed by atoms with Crippen molar-refractivity contribution in [1.29, 1.82) is 0 Å². The highest BCUT2D eigenvalue weighted by Gasteiger charge is 2.46. The summed E-state index contributed by atoms with van der Waals surface area (Å²) in [4.78, 5) is 5.17. The molecule has 20 rings (SSSR count). The van der Waals surface area contributed by atoms with Crippen LogP contribution in [0.5, 0.6) is 0 Å². The van der Waals surface area contributed by atoms with Gasteiger partial charge in [-0.25, -0.2) is 0 Å². The zero-order valence-electron chi connectivity index (χ0n) is 53.9. The Labute approximate surface area is 561 Å². The molecule has 4 aliphatic rings. The van der Waals surface area contributed by atoms with Crippen LogP contribution in [0.15, 0.2) is 303 Å². The van der Waals surface area contributed by atoms with Crippen molar-refractivity contribution in [3.63, 3.8) is 0 Å². The summed E-state index contributed by atoms with van der Waals surface area (Å²) in [5.41, 5.74) is 40.1. The van der Waals surface area contributed by atoms with Crippen molar-refractivity contribution in [2.24, 2.45) is 0 Å². The van der Waals surface area contributed by atoms with Gasteiger partial charge in [0.25, 0.3) is 0 Å². The topological polar surface area (TPSA) is 6.48 Å². The standard InChI is InChI=1S/C92H62B2N2/c1-55-25-23-26-56(2)85(55)69-51-71-75-45-65(61-33-15-7-16-34-61)49-83-91(75)94(78-44-42-64(60-31-13-6-14-32-60)48-82(78)95(83)67-37-19-9-20-38-67)80-54-74-70(86-57(3)27-24-28-58(86)4)52-72-76-46-66(62-35-17-8-18-36-62)50-84-92(76)93(79-53-73(69)89(87(71)80)90(74)88(72)79)77-43-41-63(59-29-11-5-12-30-59)47-81(77)96(84)68-39-21-10-22-40-68/h5-54H,1-4H3. The van der Waals surface area contributed by atoms with Gasteiger partial charge in [-0.15, -0.1) is 0 Å². The van der Waals surface area contributed by atoms with Crippen LogP contribution in [-0.4, -0.2) is 13.4 Å². The lowest BCUT2D eigenvalue weighted by molar-refractivity contribution is 1.29. The minimum absolute atomic E-state index is 0.118. The van der Waals surface area contributed by atoms with Crippen LogP contribution in [0.2, 0.25) is 0 Å². The second-order valence-corrected chi connectivity index (χ2v) is 27.1. The first-order valence-corrected chi connectivity index (χ1v) is 33.9. The molecule has 0 radical (unpaired) electrons. The van der Waals surface area contributed by atoms with E-state index in [-0.39, 0.29) is 13.4 Å². The maximum absolute atomic E-state index is 2.71. The van der Waals surface area contributed by atoms with Crippen LogP contribution in [0.4, 0.5) is 34.1 Å². The highest BCUT2D eigenvalue weighted by molar-refractivity contribution is 7.02. The number of nitrogens with zero attached hydrogens (tertiary/aromatic N) is 2. The lowest BCUT2D eigenvalue weighted by Crippen LogP contribution is -2.60. The third-order valence-corrected chi connectivity index (χ3v) is 21.9. The van der Waals surface area contributed by atoms with Crippen molar-refractivity contribution in [2.45, 2.75) is 27.7 Å². The molecule has 0 fully saturated rings. The van der Waals surface area contributed by atoms with E-state index in [1.807, 2.05) is 0 Å². The lowest BCUT2D eigenvalue weighted by Gasteiger charge is -2.43. The molecule has 16 aromatic rings. The number of fused-ring (bicyclic) bond motifs is 8. The quantitative estimate of drug-likeness (QED) is 0.111. The number of anilines is 6. The maximum atomic E-state index is 2.71. The molecule has 0 N–H and O–H groups in total. The Morgan fingerprint density at radius 3 is 0.896 bits per heavy atom. The lowest BCUT2D eigenvalue weighted by atomic mass is 9.31. The van der Waals surface area contributed by atoms with Crippen molar-refractivity contribution >= 4 is 113 Å². The summed E-state index contributed by atoms with van der Waals surface area (Å²) in [6, 6.07) is 116. The Kier molecular flexibility index (Phi) is 11.9. The van der Waals surface area contributed by atoms with Crippen LogP contribution in [-0.2, 0) is 0 Å². The highest BCUT2D eigenvalue weighted by Crippen LogP contribution is 2.55. The fourth-order valence-electron chi connectivity index (χ4n) is 17.8. The average molecular weight is 1220 g/mol. The predicted octanol–water partition coefficient (Wildman–Crippen LogP) is 20.4. The van der Waals surface area contributed by atoms with Crippen LogP contribution in [0.1, 0.15) is 22.3 Å². The maximum Gasteiger partial charge on any atom is 0.248 e. The molecule has 4 aliphatic heterocycles. The van der Waals surface area contributed by atoms with Gasteiger partial charge >= 0.3 is 0 Å². The molecule has 446 valence electrons. The number of hydrogen-bond acceptors (Lipinski definition) is 2. The van der Waals surface area contributed by atoms with E-state index in [1.54, 1.807) is 0 Å². The highest BCUT2D eigenvalue weighted by atomic mass is 15.2. The molecule has 0 saturated heterocycles. The summed E-state index contributed by atoms with van der Waals surface area (Å²) in [6.45, 7) is 9.09. The first-order chi connectivity index (χ1) is 47.3. The van der Waals surface area contributed by atoms with Crippen LogP contribution in [0.3, 0.4) is 0 Å². The van der Waals surface area contributed by atoms with E-state index in [1.165, 1.54) is 199 Å². The molecule has 0 atom stereocenters. The molecule has 0 unspecified atom stereocenters. The Hall–Kier alpha value is -11.7. The van der Waals surface area contributed by atoms with E-state index in [9.17, 15) is 0 Å². The predicted molar refractivity (Wildman–Crippen MR) is 411 cm³/mol. The van der Waals surface area contributed by atoms with Gasteiger partial charge in [0.15, 0.2) is 0 Å². The first kappa shape index (κ1) is 54.8. The summed E-state index contributed by atoms with van der Waals surface area (Å²) < 4.78 is 0. The van der Waals surface area contributed by atoms with E-state index < -0.39 is 0 Å². The minimum atomic E-state index is -0.118. The molecule has 0 saturated carbocycles. The van der Waals surface area contributed by atoms with Gasteiger partial charge in [0, 0.05) is 34.1 Å². The van der Waals surface area contributed by atoms with Gasteiger partial charge in [-0.05, 0) is 266 Å². The van der Waals surface area contributed by atoms with E-state index in [0.717, 1.165) is 11.4 Å². The third-order valence-electron chi connectivity index (χ3n) is 21.9. The Morgan fingerprint density at radius 1 is 0.219 bits per heavy atom. The molecule has 16 aromatic carbocycles. The molecule has 96 heavy (non-hydrogen) atoms. The zero-order chi connectivity index (χ0) is 63.6. The fraction of sp³-hybridized carbons (Fsp3) is 0.0435. The summed E-state index contributed by atoms with van der Waals surface area (Å²) >= 11 is 0. The second kappa shape index (κ2) is 20.9. The molecular weight excluding hydrogens is 1150 g/mol. The van der Waals surface area contributed by atoms with Crippen molar-refractivity contribution in [2.75, 3.05) is 9.80 Å². The molecular formula is C92H62B2N2. The second-order valence-electron chi connectivity index (χ2n) is 27.1. The van der Waals surface area contributed by atoms with E-state index >= 15 is 0 Å². The van der Waals surface area contributed by atoms with Crippen LogP contribution in [0, 0.1) is 27.7 Å². The zero-order valence-corrected chi connectivity index (χ0v) is 53.9. The fourth-order valence-corrected chi connectivity index (χ4v) is 17.8. The van der Waals surface area contributed by atoms with Gasteiger partial charge in [-0.2, -0.15) is 0 Å². The van der Waals surface area contributed by atoms with E-state index in [0.29, 0.717) is 0 Å². The number of benzene rings is 16. The summed E-state index contributed by atoms with van der Waals surface area (Å²) in [7, 11) is 0. The van der Waals surface area contributed by atoms with Crippen molar-refractivity contribution in [3.8, 4) is 89.0 Å². The molecule has 0 spiro atoms. The summed E-state index contributed by atoms with van der Waals surface area (Å²) in [5.74, 6) is 0. The normalized spacial score (nSPS) is 12.9. The van der Waals surface area contributed by atoms with Crippen LogP contribution in [0.25, 0.3) is 121 Å². The molecule has 0 aromatic heterocycles. The van der Waals surface area contributed by atoms with Crippen molar-refractivity contribution in [3.05, 3.63) is 326 Å². The van der Waals surface area contributed by atoms with E-state index in [2.05, 4.69) is 341 Å². The minimum Gasteiger partial charge on any atom is -0.311 e. The van der Waals surface area contributed by atoms with Crippen molar-refractivity contribution in [1.82, 2.24) is 0 Å². The van der Waals surface area contributed by atoms with Crippen molar-refractivity contribution < 1.29 is 0 Å². The summed E-state index contributed by atoms with van der Waals surface area (Å²) in [6.07, 6.45) is 0. The molecule has 2 nitrogen and oxygen atoms in total. The first-order valence-electron chi connectivity index (χ1n) is 33.9. The van der Waals surface area contributed by atoms with Crippen LogP contribution < -0.4 is 42.6 Å². The van der Waals surface area contributed by atoms with Crippen LogP contribution >= 0.6 is 0 Å². The molecule has 4 heterocycles. The van der Waals surface area contributed by atoms with Gasteiger partial charge < -0.3 is 9.80 Å². The largest absolute Gasteiger partial charge is 0.311 e. The number of rotatable bonds is 8. The Balaban J connectivity index is 1.00. The Bertz CT molecular complexity index is 5520. The van der Waals surface area contributed by atoms with Gasteiger partial charge in [-0.3, -0.25) is 0 Å². The SMILES string of the molecule is Cc1cccc(C)c1-c1cc2c3c(cc4c(-c5c(C)cccc5C)cc5c6c(cc1c3c46)B1c3ccc(-c4ccccc4)cc3N(c3ccccc3)c3cc(-c4ccccc4)cc-5c31)B1c3ccc(-c4ccccc4)cc3N(c3ccccc3)c3cc(-c4ccccc4)cc-2c31. The van der Waals surface area contributed by atoms with Gasteiger partial charge in [0.1, 0.15) is 0 Å². The van der Waals surface area contributed by atoms with E-state index in [4.69, 9.17) is 0 Å². The summed E-state index contributed by atoms with van der Waals surface area (Å²) in [5, 5.41) is 7.99. The third kappa shape index (κ3) is 7.90. The monoisotopic (exact) mass is 1220 g/mol. The smallest absolute Gasteiger partial charge is 0.248 e.